The fraction of sp³-hybridized carbons (Fsp3) is 0.136. The lowest BCUT2D eigenvalue weighted by molar-refractivity contribution is 0.409. The fourth-order valence-corrected chi connectivity index (χ4v) is 3.59. The van der Waals surface area contributed by atoms with Gasteiger partial charge in [-0.15, -0.1) is 0 Å². The van der Waals surface area contributed by atoms with Gasteiger partial charge in [0.25, 0.3) is 5.89 Å². The van der Waals surface area contributed by atoms with Crippen molar-refractivity contribution in [2.75, 3.05) is 12.4 Å². The van der Waals surface area contributed by atoms with E-state index in [1.165, 1.54) is 11.1 Å². The molecule has 5 nitrogen and oxygen atoms in total. The molecule has 1 N–H and O–H groups in total. The number of nitrogens with zero attached hydrogens (tertiary/aromatic N) is 3. The topological polar surface area (TPSA) is 63.8 Å². The number of aryl methyl sites for hydroxylation is 2. The largest absolute Gasteiger partial charge is 0.373 e. The summed E-state index contributed by atoms with van der Waals surface area (Å²) in [5.41, 5.74) is 6.37. The second kappa shape index (κ2) is 7.78. The lowest BCUT2D eigenvalue weighted by Gasteiger charge is -2.04. The Balaban J connectivity index is 1.79. The van der Waals surface area contributed by atoms with E-state index in [0.717, 1.165) is 22.3 Å². The maximum Gasteiger partial charge on any atom is 0.258 e. The smallest absolute Gasteiger partial charge is 0.258 e. The molecule has 0 fully saturated rings. The van der Waals surface area contributed by atoms with E-state index in [2.05, 4.69) is 70.0 Å². The SMILES string of the molecule is CNc1ncccc1-c1noc(/C(=C/c2ccc(C)c(C)c2)c2ccsc2)n1. The predicted octanol–water partition coefficient (Wildman–Crippen LogP) is 5.44. The Bertz CT molecular complexity index is 1130. The van der Waals surface area contributed by atoms with Gasteiger partial charge in [0.2, 0.25) is 5.82 Å². The third-order valence-corrected chi connectivity index (χ3v) is 5.30. The molecule has 6 heteroatoms. The monoisotopic (exact) mass is 388 g/mol. The van der Waals surface area contributed by atoms with Crippen LogP contribution < -0.4 is 5.32 Å². The van der Waals surface area contributed by atoms with Crippen LogP contribution >= 0.6 is 11.3 Å². The highest BCUT2D eigenvalue weighted by Crippen LogP contribution is 2.30. The molecule has 3 heterocycles. The molecule has 3 aromatic heterocycles. The third kappa shape index (κ3) is 3.59. The van der Waals surface area contributed by atoms with Crippen LogP contribution in [0.1, 0.15) is 28.1 Å². The number of hydrogen-bond acceptors (Lipinski definition) is 6. The molecule has 0 saturated heterocycles. The van der Waals surface area contributed by atoms with Gasteiger partial charge in [0, 0.05) is 18.8 Å². The van der Waals surface area contributed by atoms with E-state index < -0.39 is 0 Å². The minimum absolute atomic E-state index is 0.484. The lowest BCUT2D eigenvalue weighted by Crippen LogP contribution is -1.96. The van der Waals surface area contributed by atoms with Crippen molar-refractivity contribution in [3.63, 3.8) is 0 Å². The second-order valence-electron chi connectivity index (χ2n) is 6.49. The van der Waals surface area contributed by atoms with E-state index >= 15 is 0 Å². The van der Waals surface area contributed by atoms with Crippen molar-refractivity contribution in [1.29, 1.82) is 0 Å². The Kier molecular flexibility index (Phi) is 5.04. The summed E-state index contributed by atoms with van der Waals surface area (Å²) in [6.07, 6.45) is 3.82. The number of nitrogens with one attached hydrogen (secondary N) is 1. The first-order chi connectivity index (χ1) is 13.7. The first-order valence-corrected chi connectivity index (χ1v) is 9.88. The summed E-state index contributed by atoms with van der Waals surface area (Å²) in [5.74, 6) is 1.70. The summed E-state index contributed by atoms with van der Waals surface area (Å²) >= 11 is 1.64. The van der Waals surface area contributed by atoms with Gasteiger partial charge in [-0.2, -0.15) is 16.3 Å². The molecule has 0 amide bonds. The third-order valence-electron chi connectivity index (χ3n) is 4.62. The summed E-state index contributed by atoms with van der Waals surface area (Å²) in [4.78, 5) is 8.98. The zero-order valence-corrected chi connectivity index (χ0v) is 16.7. The summed E-state index contributed by atoms with van der Waals surface area (Å²) in [5, 5.41) is 11.4. The van der Waals surface area contributed by atoms with Gasteiger partial charge in [0.05, 0.1) is 5.56 Å². The summed E-state index contributed by atoms with van der Waals surface area (Å²) < 4.78 is 5.65. The molecule has 0 spiro atoms. The van der Waals surface area contributed by atoms with Crippen molar-refractivity contribution in [2.24, 2.45) is 0 Å². The van der Waals surface area contributed by atoms with Gasteiger partial charge in [-0.1, -0.05) is 23.4 Å². The highest BCUT2D eigenvalue weighted by atomic mass is 32.1. The van der Waals surface area contributed by atoms with Crippen LogP contribution in [0.15, 0.2) is 57.9 Å². The molecule has 1 aromatic carbocycles. The Morgan fingerprint density at radius 3 is 2.79 bits per heavy atom. The predicted molar refractivity (Wildman–Crippen MR) is 114 cm³/mol. The maximum atomic E-state index is 5.65. The summed E-state index contributed by atoms with van der Waals surface area (Å²) in [6, 6.07) is 12.2. The summed E-state index contributed by atoms with van der Waals surface area (Å²) in [7, 11) is 1.82. The molecular formula is C22H20N4OS. The Labute approximate surface area is 167 Å². The molecule has 0 unspecified atom stereocenters. The molecule has 0 aliphatic rings. The molecule has 0 aliphatic heterocycles. The van der Waals surface area contributed by atoms with Crippen LogP contribution in [-0.4, -0.2) is 22.2 Å². The van der Waals surface area contributed by atoms with Crippen LogP contribution in [0.5, 0.6) is 0 Å². The Morgan fingerprint density at radius 2 is 2.04 bits per heavy atom. The number of rotatable bonds is 5. The highest BCUT2D eigenvalue weighted by molar-refractivity contribution is 7.08. The van der Waals surface area contributed by atoms with E-state index in [0.29, 0.717) is 17.5 Å². The normalized spacial score (nSPS) is 11.6. The zero-order chi connectivity index (χ0) is 19.5. The van der Waals surface area contributed by atoms with Gasteiger partial charge < -0.3 is 9.84 Å². The van der Waals surface area contributed by atoms with Gasteiger partial charge in [0.15, 0.2) is 0 Å². The van der Waals surface area contributed by atoms with Crippen LogP contribution in [0.2, 0.25) is 0 Å². The van der Waals surface area contributed by atoms with Crippen LogP contribution in [0.3, 0.4) is 0 Å². The van der Waals surface area contributed by atoms with Gasteiger partial charge in [0.1, 0.15) is 5.82 Å². The van der Waals surface area contributed by atoms with Crippen LogP contribution in [0.25, 0.3) is 23.0 Å². The van der Waals surface area contributed by atoms with E-state index in [1.807, 2.05) is 24.6 Å². The molecule has 0 saturated carbocycles. The van der Waals surface area contributed by atoms with Gasteiger partial charge in [-0.3, -0.25) is 0 Å². The van der Waals surface area contributed by atoms with Crippen molar-refractivity contribution in [3.8, 4) is 11.4 Å². The van der Waals surface area contributed by atoms with E-state index in [9.17, 15) is 0 Å². The maximum absolute atomic E-state index is 5.65. The van der Waals surface area contributed by atoms with Gasteiger partial charge in [-0.05, 0) is 71.1 Å². The number of pyridine rings is 1. The van der Waals surface area contributed by atoms with Gasteiger partial charge >= 0.3 is 0 Å². The second-order valence-corrected chi connectivity index (χ2v) is 7.27. The molecule has 4 rings (SSSR count). The first kappa shape index (κ1) is 18.1. The number of hydrogen-bond donors (Lipinski definition) is 1. The van der Waals surface area contributed by atoms with Crippen molar-refractivity contribution in [3.05, 3.63) is 81.5 Å². The number of benzene rings is 1. The lowest BCUT2D eigenvalue weighted by atomic mass is 10.0. The Hall–Kier alpha value is -3.25. The molecule has 28 heavy (non-hydrogen) atoms. The molecule has 0 bridgehead atoms. The van der Waals surface area contributed by atoms with E-state index in [4.69, 9.17) is 4.52 Å². The van der Waals surface area contributed by atoms with E-state index in [-0.39, 0.29) is 0 Å². The van der Waals surface area contributed by atoms with Crippen molar-refractivity contribution in [1.82, 2.24) is 15.1 Å². The van der Waals surface area contributed by atoms with Crippen molar-refractivity contribution >= 4 is 28.8 Å². The summed E-state index contributed by atoms with van der Waals surface area (Å²) in [6.45, 7) is 4.23. The highest BCUT2D eigenvalue weighted by Gasteiger charge is 2.17. The zero-order valence-electron chi connectivity index (χ0n) is 15.9. The molecule has 140 valence electrons. The molecule has 0 aliphatic carbocycles. The minimum Gasteiger partial charge on any atom is -0.373 e. The van der Waals surface area contributed by atoms with Crippen LogP contribution in [0, 0.1) is 13.8 Å². The molecule has 4 aromatic rings. The standard InChI is InChI=1S/C22H20N4OS/c1-14-6-7-16(11-15(14)2)12-19(17-8-10-28-13-17)22-25-21(26-27-22)18-5-4-9-24-20(18)23-3/h4-13H,1-3H3,(H,23,24)/b19-12+. The Morgan fingerprint density at radius 1 is 1.14 bits per heavy atom. The first-order valence-electron chi connectivity index (χ1n) is 8.94. The number of aromatic nitrogens is 3. The van der Waals surface area contributed by atoms with Crippen LogP contribution in [-0.2, 0) is 0 Å². The van der Waals surface area contributed by atoms with E-state index in [1.54, 1.807) is 17.5 Å². The van der Waals surface area contributed by atoms with Crippen molar-refractivity contribution < 1.29 is 4.52 Å². The van der Waals surface area contributed by atoms with Crippen molar-refractivity contribution in [2.45, 2.75) is 13.8 Å². The number of thiophene rings is 1. The minimum atomic E-state index is 0.484. The number of anilines is 1. The van der Waals surface area contributed by atoms with Gasteiger partial charge in [-0.25, -0.2) is 4.98 Å². The van der Waals surface area contributed by atoms with Crippen LogP contribution in [0.4, 0.5) is 5.82 Å². The fourth-order valence-electron chi connectivity index (χ4n) is 2.93. The quantitative estimate of drug-likeness (QED) is 0.493. The average Bonchev–Trinajstić information content (AvgIpc) is 3.41. The molecule has 0 radical (unpaired) electrons. The average molecular weight is 388 g/mol. The molecular weight excluding hydrogens is 368 g/mol. The molecule has 0 atom stereocenters.